The summed E-state index contributed by atoms with van der Waals surface area (Å²) in [5, 5.41) is 7.88. The lowest BCUT2D eigenvalue weighted by Gasteiger charge is -2.05. The number of hydrogen-bond donors (Lipinski definition) is 1. The Morgan fingerprint density at radius 2 is 2.21 bits per heavy atom. The van der Waals surface area contributed by atoms with Gasteiger partial charge in [0.05, 0.1) is 17.3 Å². The van der Waals surface area contributed by atoms with Crippen molar-refractivity contribution in [2.45, 2.75) is 26.4 Å². The van der Waals surface area contributed by atoms with E-state index in [0.717, 1.165) is 30.8 Å². The van der Waals surface area contributed by atoms with E-state index in [0.29, 0.717) is 6.54 Å². The first-order valence-electron chi connectivity index (χ1n) is 6.36. The second-order valence-electron chi connectivity index (χ2n) is 4.39. The third-order valence-corrected chi connectivity index (χ3v) is 3.22. The van der Waals surface area contributed by atoms with E-state index < -0.39 is 5.82 Å². The van der Waals surface area contributed by atoms with Gasteiger partial charge >= 0.3 is 0 Å². The SMILES string of the molecule is CCCNCc1ccn(Cc2cccc(F)c2Cl)n1. The molecule has 102 valence electrons. The monoisotopic (exact) mass is 281 g/mol. The van der Waals surface area contributed by atoms with Crippen LogP contribution in [0, 0.1) is 5.82 Å². The van der Waals surface area contributed by atoms with Crippen LogP contribution in [-0.2, 0) is 13.1 Å². The third-order valence-electron chi connectivity index (χ3n) is 2.79. The molecule has 0 aliphatic heterocycles. The molecule has 5 heteroatoms. The molecule has 0 fully saturated rings. The molecule has 0 unspecified atom stereocenters. The van der Waals surface area contributed by atoms with E-state index in [1.807, 2.05) is 18.3 Å². The Kier molecular flexibility index (Phi) is 4.93. The summed E-state index contributed by atoms with van der Waals surface area (Å²) in [6.07, 6.45) is 2.98. The predicted octanol–water partition coefficient (Wildman–Crippen LogP) is 3.22. The van der Waals surface area contributed by atoms with Gasteiger partial charge in [-0.15, -0.1) is 0 Å². The molecule has 0 atom stereocenters. The van der Waals surface area contributed by atoms with Crippen molar-refractivity contribution in [1.29, 1.82) is 0 Å². The van der Waals surface area contributed by atoms with Gasteiger partial charge in [-0.25, -0.2) is 4.39 Å². The fourth-order valence-corrected chi connectivity index (χ4v) is 2.01. The van der Waals surface area contributed by atoms with Crippen LogP contribution in [-0.4, -0.2) is 16.3 Å². The molecule has 2 aromatic rings. The molecule has 1 aromatic carbocycles. The average molecular weight is 282 g/mol. The topological polar surface area (TPSA) is 29.9 Å². The van der Waals surface area contributed by atoms with Gasteiger partial charge in [0.1, 0.15) is 5.82 Å². The van der Waals surface area contributed by atoms with Crippen molar-refractivity contribution in [3.63, 3.8) is 0 Å². The molecule has 0 spiro atoms. The zero-order valence-electron chi connectivity index (χ0n) is 10.9. The van der Waals surface area contributed by atoms with Crippen LogP contribution in [0.5, 0.6) is 0 Å². The van der Waals surface area contributed by atoms with Gasteiger partial charge in [0, 0.05) is 12.7 Å². The van der Waals surface area contributed by atoms with Crippen LogP contribution in [0.3, 0.4) is 0 Å². The summed E-state index contributed by atoms with van der Waals surface area (Å²) in [5.74, 6) is -0.392. The van der Waals surface area contributed by atoms with Crippen molar-refractivity contribution in [3.8, 4) is 0 Å². The van der Waals surface area contributed by atoms with Crippen molar-refractivity contribution in [2.75, 3.05) is 6.54 Å². The first-order chi connectivity index (χ1) is 9.20. The second-order valence-corrected chi connectivity index (χ2v) is 4.77. The van der Waals surface area contributed by atoms with Crippen molar-refractivity contribution in [1.82, 2.24) is 15.1 Å². The van der Waals surface area contributed by atoms with Gasteiger partial charge in [0.25, 0.3) is 0 Å². The Bertz CT molecular complexity index is 539. The van der Waals surface area contributed by atoms with Gasteiger partial charge in [0.15, 0.2) is 0 Å². The first-order valence-corrected chi connectivity index (χ1v) is 6.74. The maximum absolute atomic E-state index is 13.3. The van der Waals surface area contributed by atoms with Gasteiger partial charge in [-0.1, -0.05) is 30.7 Å². The number of benzene rings is 1. The Morgan fingerprint density at radius 1 is 1.37 bits per heavy atom. The summed E-state index contributed by atoms with van der Waals surface area (Å²) in [5.41, 5.74) is 1.71. The maximum atomic E-state index is 13.3. The van der Waals surface area contributed by atoms with Gasteiger partial charge in [-0.2, -0.15) is 5.10 Å². The Labute approximate surface area is 117 Å². The summed E-state index contributed by atoms with van der Waals surface area (Å²) < 4.78 is 15.1. The smallest absolute Gasteiger partial charge is 0.142 e. The highest BCUT2D eigenvalue weighted by molar-refractivity contribution is 6.31. The van der Waals surface area contributed by atoms with E-state index in [9.17, 15) is 4.39 Å². The van der Waals surface area contributed by atoms with Crippen LogP contribution in [0.4, 0.5) is 4.39 Å². The molecule has 19 heavy (non-hydrogen) atoms. The molecule has 0 radical (unpaired) electrons. The summed E-state index contributed by atoms with van der Waals surface area (Å²) in [6.45, 7) is 4.32. The molecule has 2 rings (SSSR count). The highest BCUT2D eigenvalue weighted by Crippen LogP contribution is 2.20. The van der Waals surface area contributed by atoms with Crippen LogP contribution < -0.4 is 5.32 Å². The Morgan fingerprint density at radius 3 is 3.00 bits per heavy atom. The van der Waals surface area contributed by atoms with Crippen LogP contribution in [0.1, 0.15) is 24.6 Å². The van der Waals surface area contributed by atoms with E-state index in [4.69, 9.17) is 11.6 Å². The minimum atomic E-state index is -0.392. The summed E-state index contributed by atoms with van der Waals surface area (Å²) in [6, 6.07) is 6.77. The minimum Gasteiger partial charge on any atom is -0.311 e. The van der Waals surface area contributed by atoms with Gasteiger partial charge in [-0.3, -0.25) is 4.68 Å². The van der Waals surface area contributed by atoms with Crippen molar-refractivity contribution < 1.29 is 4.39 Å². The van der Waals surface area contributed by atoms with Gasteiger partial charge in [-0.05, 0) is 30.7 Å². The molecule has 0 saturated carbocycles. The van der Waals surface area contributed by atoms with Crippen molar-refractivity contribution in [2.24, 2.45) is 0 Å². The molecule has 3 nitrogen and oxygen atoms in total. The van der Waals surface area contributed by atoms with E-state index in [2.05, 4.69) is 17.3 Å². The zero-order chi connectivity index (χ0) is 13.7. The molecule has 0 bridgehead atoms. The molecule has 0 amide bonds. The van der Waals surface area contributed by atoms with Crippen molar-refractivity contribution >= 4 is 11.6 Å². The van der Waals surface area contributed by atoms with E-state index in [-0.39, 0.29) is 5.02 Å². The quantitative estimate of drug-likeness (QED) is 0.824. The third kappa shape index (κ3) is 3.78. The fourth-order valence-electron chi connectivity index (χ4n) is 1.82. The van der Waals surface area contributed by atoms with Crippen molar-refractivity contribution in [3.05, 3.63) is 52.6 Å². The number of halogens is 2. The second kappa shape index (κ2) is 6.68. The molecular formula is C14H17ClFN3. The number of aromatic nitrogens is 2. The largest absolute Gasteiger partial charge is 0.311 e. The molecule has 0 saturated heterocycles. The number of rotatable bonds is 6. The highest BCUT2D eigenvalue weighted by Gasteiger charge is 2.07. The summed E-state index contributed by atoms with van der Waals surface area (Å²) in [7, 11) is 0. The number of hydrogen-bond acceptors (Lipinski definition) is 2. The minimum absolute atomic E-state index is 0.170. The van der Waals surface area contributed by atoms with E-state index >= 15 is 0 Å². The summed E-state index contributed by atoms with van der Waals surface area (Å²) >= 11 is 5.92. The molecule has 0 aliphatic rings. The molecule has 0 aliphatic carbocycles. The molecule has 1 aromatic heterocycles. The van der Waals surface area contributed by atoms with Gasteiger partial charge < -0.3 is 5.32 Å². The van der Waals surface area contributed by atoms with Crippen LogP contribution in [0.2, 0.25) is 5.02 Å². The number of nitrogens with one attached hydrogen (secondary N) is 1. The molecular weight excluding hydrogens is 265 g/mol. The van der Waals surface area contributed by atoms with Crippen LogP contribution >= 0.6 is 11.6 Å². The maximum Gasteiger partial charge on any atom is 0.142 e. The lowest BCUT2D eigenvalue weighted by atomic mass is 10.2. The Balaban J connectivity index is 2.01. The lowest BCUT2D eigenvalue weighted by molar-refractivity contribution is 0.612. The van der Waals surface area contributed by atoms with Crippen LogP contribution in [0.25, 0.3) is 0 Å². The van der Waals surface area contributed by atoms with E-state index in [1.54, 1.807) is 10.7 Å². The standard InChI is InChI=1S/C14H17ClFN3/c1-2-7-17-9-12-6-8-19(18-12)10-11-4-3-5-13(16)14(11)15/h3-6,8,17H,2,7,9-10H2,1H3. The van der Waals surface area contributed by atoms with Crippen LogP contribution in [0.15, 0.2) is 30.5 Å². The molecule has 1 heterocycles. The summed E-state index contributed by atoms with van der Waals surface area (Å²) in [4.78, 5) is 0. The molecule has 1 N–H and O–H groups in total. The predicted molar refractivity (Wildman–Crippen MR) is 74.7 cm³/mol. The Hall–Kier alpha value is -1.39. The zero-order valence-corrected chi connectivity index (χ0v) is 11.6. The normalized spacial score (nSPS) is 10.9. The van der Waals surface area contributed by atoms with Gasteiger partial charge in [0.2, 0.25) is 0 Å². The lowest BCUT2D eigenvalue weighted by Crippen LogP contribution is -2.14. The fraction of sp³-hybridized carbons (Fsp3) is 0.357. The first kappa shape index (κ1) is 14.0. The average Bonchev–Trinajstić information content (AvgIpc) is 2.83. The van der Waals surface area contributed by atoms with E-state index in [1.165, 1.54) is 6.07 Å². The highest BCUT2D eigenvalue weighted by atomic mass is 35.5. The number of nitrogens with zero attached hydrogens (tertiary/aromatic N) is 2.